The Labute approximate surface area is 153 Å². The highest BCUT2D eigenvalue weighted by atomic mass is 35.5. The minimum absolute atomic E-state index is 0.0368. The first-order valence-corrected chi connectivity index (χ1v) is 9.18. The van der Waals surface area contributed by atoms with Gasteiger partial charge in [-0.25, -0.2) is 9.97 Å². The van der Waals surface area contributed by atoms with E-state index in [0.717, 1.165) is 29.5 Å². The summed E-state index contributed by atoms with van der Waals surface area (Å²) in [5.41, 5.74) is 1.88. The lowest BCUT2D eigenvalue weighted by molar-refractivity contribution is -0.384. The van der Waals surface area contributed by atoms with Crippen LogP contribution in [-0.4, -0.2) is 14.9 Å². The summed E-state index contributed by atoms with van der Waals surface area (Å²) in [6.07, 6.45) is 4.79. The molecule has 0 spiro atoms. The Balaban J connectivity index is 1.76. The van der Waals surface area contributed by atoms with Gasteiger partial charge in [0.2, 0.25) is 0 Å². The van der Waals surface area contributed by atoms with E-state index in [1.54, 1.807) is 17.4 Å². The largest absolute Gasteiger partial charge is 0.338 e. The molecule has 1 aromatic carbocycles. The molecule has 1 unspecified atom stereocenters. The van der Waals surface area contributed by atoms with Crippen LogP contribution in [0.15, 0.2) is 24.5 Å². The van der Waals surface area contributed by atoms with Crippen molar-refractivity contribution in [1.82, 2.24) is 9.97 Å². The molecule has 2 aromatic heterocycles. The van der Waals surface area contributed by atoms with E-state index in [1.807, 2.05) is 0 Å². The van der Waals surface area contributed by atoms with Gasteiger partial charge in [0.1, 0.15) is 17.0 Å². The van der Waals surface area contributed by atoms with Crippen molar-refractivity contribution in [2.24, 2.45) is 5.92 Å². The van der Waals surface area contributed by atoms with Crippen LogP contribution in [0.25, 0.3) is 10.2 Å². The van der Waals surface area contributed by atoms with E-state index < -0.39 is 4.92 Å². The van der Waals surface area contributed by atoms with Gasteiger partial charge in [-0.05, 0) is 36.8 Å². The number of anilines is 2. The zero-order valence-electron chi connectivity index (χ0n) is 13.5. The Bertz CT molecular complexity index is 988. The average Bonchev–Trinajstić information content (AvgIpc) is 2.94. The number of thiophene rings is 1. The first-order chi connectivity index (χ1) is 12.0. The van der Waals surface area contributed by atoms with Crippen LogP contribution in [0.5, 0.6) is 0 Å². The van der Waals surface area contributed by atoms with Crippen LogP contribution in [0.2, 0.25) is 5.02 Å². The Morgan fingerprint density at radius 1 is 1.40 bits per heavy atom. The van der Waals surface area contributed by atoms with Crippen LogP contribution in [0, 0.1) is 16.0 Å². The van der Waals surface area contributed by atoms with Crippen LogP contribution >= 0.6 is 22.9 Å². The monoisotopic (exact) mass is 374 g/mol. The molecule has 128 valence electrons. The number of aromatic nitrogens is 2. The molecule has 4 rings (SSSR count). The van der Waals surface area contributed by atoms with Crippen LogP contribution < -0.4 is 5.32 Å². The molecule has 0 saturated heterocycles. The number of fused-ring (bicyclic) bond motifs is 3. The fraction of sp³-hybridized carbons (Fsp3) is 0.294. The fourth-order valence-electron chi connectivity index (χ4n) is 3.22. The van der Waals surface area contributed by atoms with Gasteiger partial charge < -0.3 is 5.32 Å². The maximum atomic E-state index is 10.9. The number of hydrogen-bond acceptors (Lipinski definition) is 6. The first-order valence-electron chi connectivity index (χ1n) is 7.99. The van der Waals surface area contributed by atoms with Gasteiger partial charge in [-0.15, -0.1) is 11.3 Å². The van der Waals surface area contributed by atoms with E-state index in [0.29, 0.717) is 22.4 Å². The number of halogens is 1. The first kappa shape index (κ1) is 16.2. The number of hydrogen-bond donors (Lipinski definition) is 1. The number of non-ortho nitro benzene ring substituents is 1. The minimum atomic E-state index is -0.463. The van der Waals surface area contributed by atoms with Crippen molar-refractivity contribution in [3.8, 4) is 0 Å². The van der Waals surface area contributed by atoms with Gasteiger partial charge in [-0.2, -0.15) is 0 Å². The van der Waals surface area contributed by atoms with E-state index in [9.17, 15) is 10.1 Å². The molecular weight excluding hydrogens is 360 g/mol. The molecule has 25 heavy (non-hydrogen) atoms. The lowest BCUT2D eigenvalue weighted by atomic mass is 9.89. The van der Waals surface area contributed by atoms with E-state index in [4.69, 9.17) is 11.6 Å². The maximum Gasteiger partial charge on any atom is 0.271 e. The third-order valence-electron chi connectivity index (χ3n) is 4.51. The predicted molar refractivity (Wildman–Crippen MR) is 100.0 cm³/mol. The number of nitrogens with zero attached hydrogens (tertiary/aromatic N) is 3. The summed E-state index contributed by atoms with van der Waals surface area (Å²) in [5.74, 6) is 1.39. The fourth-order valence-corrected chi connectivity index (χ4v) is 4.79. The van der Waals surface area contributed by atoms with E-state index >= 15 is 0 Å². The summed E-state index contributed by atoms with van der Waals surface area (Å²) < 4.78 is 0. The molecule has 0 fully saturated rings. The van der Waals surface area contributed by atoms with Gasteiger partial charge in [-0.1, -0.05) is 18.5 Å². The van der Waals surface area contributed by atoms with Gasteiger partial charge in [0.15, 0.2) is 0 Å². The van der Waals surface area contributed by atoms with Crippen LogP contribution in [0.4, 0.5) is 17.2 Å². The van der Waals surface area contributed by atoms with Gasteiger partial charge in [-0.3, -0.25) is 10.1 Å². The van der Waals surface area contributed by atoms with E-state index in [-0.39, 0.29) is 5.69 Å². The van der Waals surface area contributed by atoms with Crippen LogP contribution in [0.1, 0.15) is 23.8 Å². The average molecular weight is 375 g/mol. The van der Waals surface area contributed by atoms with Gasteiger partial charge in [0, 0.05) is 17.0 Å². The van der Waals surface area contributed by atoms with Gasteiger partial charge in [0.25, 0.3) is 5.69 Å². The summed E-state index contributed by atoms with van der Waals surface area (Å²) in [4.78, 5) is 21.6. The third kappa shape index (κ3) is 2.94. The normalized spacial score (nSPS) is 16.6. The second-order valence-electron chi connectivity index (χ2n) is 6.30. The predicted octanol–water partition coefficient (Wildman–Crippen LogP) is 5.12. The molecule has 2 heterocycles. The molecule has 1 N–H and O–H groups in total. The number of nitro groups is 1. The van der Waals surface area contributed by atoms with Crippen molar-refractivity contribution in [2.45, 2.75) is 26.2 Å². The molecule has 6 nitrogen and oxygen atoms in total. The van der Waals surface area contributed by atoms with Crippen molar-refractivity contribution < 1.29 is 4.92 Å². The molecule has 1 aliphatic carbocycles. The van der Waals surface area contributed by atoms with Crippen molar-refractivity contribution in [2.75, 3.05) is 5.32 Å². The number of benzene rings is 1. The molecule has 0 aliphatic heterocycles. The van der Waals surface area contributed by atoms with Crippen molar-refractivity contribution in [3.05, 3.63) is 50.1 Å². The topological polar surface area (TPSA) is 81.0 Å². The Morgan fingerprint density at radius 2 is 2.24 bits per heavy atom. The molecule has 1 atom stereocenters. The Kier molecular flexibility index (Phi) is 4.05. The molecule has 0 bridgehead atoms. The summed E-state index contributed by atoms with van der Waals surface area (Å²) in [6.45, 7) is 2.27. The number of nitrogens with one attached hydrogen (secondary N) is 1. The summed E-state index contributed by atoms with van der Waals surface area (Å²) in [6, 6.07) is 4.37. The Hall–Kier alpha value is -2.25. The zero-order valence-corrected chi connectivity index (χ0v) is 15.0. The summed E-state index contributed by atoms with van der Waals surface area (Å²) in [7, 11) is 0. The molecule has 0 radical (unpaired) electrons. The summed E-state index contributed by atoms with van der Waals surface area (Å²) >= 11 is 7.93. The number of rotatable bonds is 3. The highest BCUT2D eigenvalue weighted by Gasteiger charge is 2.23. The van der Waals surface area contributed by atoms with Crippen molar-refractivity contribution >= 4 is 50.3 Å². The number of aryl methyl sites for hydroxylation is 1. The highest BCUT2D eigenvalue weighted by molar-refractivity contribution is 7.19. The molecule has 3 aromatic rings. The van der Waals surface area contributed by atoms with Crippen LogP contribution in [-0.2, 0) is 12.8 Å². The zero-order chi connectivity index (χ0) is 17.6. The van der Waals surface area contributed by atoms with Gasteiger partial charge >= 0.3 is 0 Å². The molecule has 1 aliphatic rings. The minimum Gasteiger partial charge on any atom is -0.338 e. The van der Waals surface area contributed by atoms with E-state index in [1.165, 1.54) is 28.9 Å². The highest BCUT2D eigenvalue weighted by Crippen LogP contribution is 2.40. The molecular formula is C17H15ClN4O2S. The maximum absolute atomic E-state index is 10.9. The SMILES string of the molecule is CC1CCc2c(sc3ncnc(Nc4ccc([N+](=O)[O-])cc4Cl)c23)C1. The molecule has 0 amide bonds. The lowest BCUT2D eigenvalue weighted by Gasteiger charge is -2.18. The second-order valence-corrected chi connectivity index (χ2v) is 7.79. The quantitative estimate of drug-likeness (QED) is 0.508. The van der Waals surface area contributed by atoms with Crippen molar-refractivity contribution in [3.63, 3.8) is 0 Å². The van der Waals surface area contributed by atoms with E-state index in [2.05, 4.69) is 22.2 Å². The smallest absolute Gasteiger partial charge is 0.271 e. The molecule has 0 saturated carbocycles. The Morgan fingerprint density at radius 3 is 3.00 bits per heavy atom. The standard InChI is InChI=1S/C17H15ClN4O2S/c1-9-2-4-11-14(6-9)25-17-15(11)16(19-8-20-17)21-13-5-3-10(22(23)24)7-12(13)18/h3,5,7-9H,2,4,6H2,1H3,(H,19,20,21). The third-order valence-corrected chi connectivity index (χ3v) is 5.98. The van der Waals surface area contributed by atoms with Crippen molar-refractivity contribution in [1.29, 1.82) is 0 Å². The summed E-state index contributed by atoms with van der Waals surface area (Å²) in [5, 5.41) is 15.4. The lowest BCUT2D eigenvalue weighted by Crippen LogP contribution is -2.09. The van der Waals surface area contributed by atoms with Gasteiger partial charge in [0.05, 0.1) is 21.0 Å². The number of nitro benzene ring substituents is 1. The molecule has 8 heteroatoms. The van der Waals surface area contributed by atoms with Crippen LogP contribution in [0.3, 0.4) is 0 Å². The second kappa shape index (κ2) is 6.24.